The molecule has 2 heterocycles. The molecule has 2 atom stereocenters. The van der Waals surface area contributed by atoms with Crippen molar-refractivity contribution < 1.29 is 4.74 Å². The number of halogens is 1. The van der Waals surface area contributed by atoms with E-state index in [4.69, 9.17) is 4.74 Å². The van der Waals surface area contributed by atoms with Crippen LogP contribution < -0.4 is 5.32 Å². The van der Waals surface area contributed by atoms with Gasteiger partial charge in [0.15, 0.2) is 0 Å². The van der Waals surface area contributed by atoms with Crippen LogP contribution in [0.15, 0.2) is 0 Å². The van der Waals surface area contributed by atoms with Crippen LogP contribution in [0.4, 0.5) is 0 Å². The molecule has 4 heteroatoms. The van der Waals surface area contributed by atoms with Crippen molar-refractivity contribution in [2.75, 3.05) is 26.2 Å². The summed E-state index contributed by atoms with van der Waals surface area (Å²) in [4.78, 5) is 2.55. The first-order valence-electron chi connectivity index (χ1n) is 6.75. The zero-order valence-corrected chi connectivity index (χ0v) is 12.2. The quantitative estimate of drug-likeness (QED) is 0.845. The maximum Gasteiger partial charge on any atom is 0.117 e. The third-order valence-electron chi connectivity index (χ3n) is 4.04. The molecular formula is C13H27ClN2O. The Balaban J connectivity index is 0.00000144. The van der Waals surface area contributed by atoms with Crippen LogP contribution in [-0.4, -0.2) is 42.9 Å². The van der Waals surface area contributed by atoms with E-state index in [9.17, 15) is 0 Å². The molecule has 0 aromatic heterocycles. The van der Waals surface area contributed by atoms with Gasteiger partial charge in [-0.15, -0.1) is 12.4 Å². The van der Waals surface area contributed by atoms with E-state index < -0.39 is 0 Å². The summed E-state index contributed by atoms with van der Waals surface area (Å²) in [6.07, 6.45) is 3.85. The fourth-order valence-electron chi connectivity index (χ4n) is 3.09. The number of nitrogens with one attached hydrogen (secondary N) is 1. The summed E-state index contributed by atoms with van der Waals surface area (Å²) < 4.78 is 5.88. The van der Waals surface area contributed by atoms with Crippen LogP contribution in [0.3, 0.4) is 0 Å². The molecule has 0 saturated carbocycles. The van der Waals surface area contributed by atoms with Gasteiger partial charge in [-0.1, -0.05) is 6.92 Å². The Morgan fingerprint density at radius 2 is 2.00 bits per heavy atom. The fourth-order valence-corrected chi connectivity index (χ4v) is 3.09. The van der Waals surface area contributed by atoms with Gasteiger partial charge in [-0.2, -0.15) is 0 Å². The van der Waals surface area contributed by atoms with Crippen molar-refractivity contribution in [3.05, 3.63) is 0 Å². The molecule has 0 radical (unpaired) electrons. The monoisotopic (exact) mass is 262 g/mol. The highest BCUT2D eigenvalue weighted by molar-refractivity contribution is 5.85. The third kappa shape index (κ3) is 4.09. The SMILES string of the molecule is CCN1CCC(CC2(C)NC(C)CO2)CC1.Cl. The van der Waals surface area contributed by atoms with Gasteiger partial charge < -0.3 is 9.64 Å². The predicted octanol–water partition coefficient (Wildman–Crippen LogP) is 2.25. The molecule has 2 fully saturated rings. The van der Waals surface area contributed by atoms with Crippen LogP contribution in [0.2, 0.25) is 0 Å². The summed E-state index contributed by atoms with van der Waals surface area (Å²) in [7, 11) is 0. The number of likely N-dealkylation sites (tertiary alicyclic amines) is 1. The van der Waals surface area contributed by atoms with Gasteiger partial charge in [0.05, 0.1) is 6.61 Å². The highest BCUT2D eigenvalue weighted by Gasteiger charge is 2.36. The van der Waals surface area contributed by atoms with E-state index in [-0.39, 0.29) is 18.1 Å². The first-order valence-corrected chi connectivity index (χ1v) is 6.75. The topological polar surface area (TPSA) is 24.5 Å². The largest absolute Gasteiger partial charge is 0.359 e. The first-order chi connectivity index (χ1) is 7.61. The predicted molar refractivity (Wildman–Crippen MR) is 73.7 cm³/mol. The Labute approximate surface area is 112 Å². The number of nitrogens with zero attached hydrogens (tertiary/aromatic N) is 1. The van der Waals surface area contributed by atoms with Crippen molar-refractivity contribution >= 4 is 12.4 Å². The van der Waals surface area contributed by atoms with Gasteiger partial charge in [0.25, 0.3) is 0 Å². The number of hydrogen-bond donors (Lipinski definition) is 1. The van der Waals surface area contributed by atoms with E-state index in [1.807, 2.05) is 0 Å². The minimum Gasteiger partial charge on any atom is -0.359 e. The molecule has 2 saturated heterocycles. The van der Waals surface area contributed by atoms with Crippen LogP contribution in [-0.2, 0) is 4.74 Å². The van der Waals surface area contributed by atoms with Crippen molar-refractivity contribution in [3.63, 3.8) is 0 Å². The molecule has 0 bridgehead atoms. The lowest BCUT2D eigenvalue weighted by atomic mass is 9.89. The van der Waals surface area contributed by atoms with Crippen molar-refractivity contribution in [1.82, 2.24) is 10.2 Å². The molecule has 0 spiro atoms. The van der Waals surface area contributed by atoms with E-state index in [2.05, 4.69) is 31.0 Å². The van der Waals surface area contributed by atoms with Gasteiger partial charge in [-0.3, -0.25) is 5.32 Å². The van der Waals surface area contributed by atoms with E-state index in [0.717, 1.165) is 12.5 Å². The lowest BCUT2D eigenvalue weighted by molar-refractivity contribution is -0.0206. The molecule has 17 heavy (non-hydrogen) atoms. The second-order valence-corrected chi connectivity index (χ2v) is 5.67. The second-order valence-electron chi connectivity index (χ2n) is 5.67. The van der Waals surface area contributed by atoms with Crippen molar-refractivity contribution in [2.24, 2.45) is 5.92 Å². The van der Waals surface area contributed by atoms with Crippen LogP contribution in [0.1, 0.15) is 40.0 Å². The molecule has 102 valence electrons. The number of ether oxygens (including phenoxy) is 1. The molecule has 0 aromatic rings. The summed E-state index contributed by atoms with van der Waals surface area (Å²) >= 11 is 0. The van der Waals surface area contributed by atoms with Gasteiger partial charge in [0.1, 0.15) is 5.72 Å². The molecule has 1 N–H and O–H groups in total. The highest BCUT2D eigenvalue weighted by Crippen LogP contribution is 2.29. The van der Waals surface area contributed by atoms with Crippen LogP contribution >= 0.6 is 12.4 Å². The van der Waals surface area contributed by atoms with Crippen LogP contribution in [0.5, 0.6) is 0 Å². The van der Waals surface area contributed by atoms with E-state index >= 15 is 0 Å². The highest BCUT2D eigenvalue weighted by atomic mass is 35.5. The molecule has 3 nitrogen and oxygen atoms in total. The first kappa shape index (κ1) is 15.2. The van der Waals surface area contributed by atoms with E-state index in [1.54, 1.807) is 0 Å². The van der Waals surface area contributed by atoms with Gasteiger partial charge in [0, 0.05) is 6.04 Å². The molecule has 2 aliphatic rings. The Morgan fingerprint density at radius 1 is 1.35 bits per heavy atom. The Morgan fingerprint density at radius 3 is 2.47 bits per heavy atom. The standard InChI is InChI=1S/C13H26N2O.ClH/c1-4-15-7-5-12(6-8-15)9-13(3)14-11(2)10-16-13;/h11-12,14H,4-10H2,1-3H3;1H. The molecule has 0 aromatic carbocycles. The average Bonchev–Trinajstić information content (AvgIpc) is 2.59. The zero-order chi connectivity index (χ0) is 11.6. The summed E-state index contributed by atoms with van der Waals surface area (Å²) in [5.74, 6) is 0.839. The van der Waals surface area contributed by atoms with Crippen molar-refractivity contribution in [2.45, 2.75) is 51.8 Å². The average molecular weight is 263 g/mol. The van der Waals surface area contributed by atoms with Gasteiger partial charge >= 0.3 is 0 Å². The van der Waals surface area contributed by atoms with E-state index in [0.29, 0.717) is 6.04 Å². The van der Waals surface area contributed by atoms with Gasteiger partial charge in [-0.05, 0) is 58.7 Å². The Bertz CT molecular complexity index is 231. The molecule has 2 aliphatic heterocycles. The maximum atomic E-state index is 5.88. The minimum absolute atomic E-state index is 0. The summed E-state index contributed by atoms with van der Waals surface area (Å²) in [5, 5.41) is 3.57. The summed E-state index contributed by atoms with van der Waals surface area (Å²) in [6, 6.07) is 0.515. The van der Waals surface area contributed by atoms with Gasteiger partial charge in [0.2, 0.25) is 0 Å². The normalized spacial score (nSPS) is 35.8. The van der Waals surface area contributed by atoms with Crippen LogP contribution in [0, 0.1) is 5.92 Å². The fraction of sp³-hybridized carbons (Fsp3) is 1.00. The molecule has 0 amide bonds. The molecule has 0 aliphatic carbocycles. The third-order valence-corrected chi connectivity index (χ3v) is 4.04. The summed E-state index contributed by atoms with van der Waals surface area (Å²) in [6.45, 7) is 11.3. The number of rotatable bonds is 3. The summed E-state index contributed by atoms with van der Waals surface area (Å²) in [5.41, 5.74) is -0.0571. The van der Waals surface area contributed by atoms with E-state index in [1.165, 1.54) is 38.9 Å². The maximum absolute atomic E-state index is 5.88. The molecule has 2 rings (SSSR count). The number of hydrogen-bond acceptors (Lipinski definition) is 3. The van der Waals surface area contributed by atoms with Crippen molar-refractivity contribution in [1.29, 1.82) is 0 Å². The second kappa shape index (κ2) is 6.37. The van der Waals surface area contributed by atoms with Crippen LogP contribution in [0.25, 0.3) is 0 Å². The lowest BCUT2D eigenvalue weighted by Crippen LogP contribution is -2.44. The zero-order valence-electron chi connectivity index (χ0n) is 11.4. The Hall–Kier alpha value is 0.170. The lowest BCUT2D eigenvalue weighted by Gasteiger charge is -2.35. The Kier molecular flexibility index (Phi) is 5.71. The van der Waals surface area contributed by atoms with Gasteiger partial charge in [-0.25, -0.2) is 0 Å². The number of piperidine rings is 1. The minimum atomic E-state index is -0.0571. The molecular weight excluding hydrogens is 236 g/mol. The van der Waals surface area contributed by atoms with Crippen molar-refractivity contribution in [3.8, 4) is 0 Å². The smallest absolute Gasteiger partial charge is 0.117 e. The molecule has 2 unspecified atom stereocenters.